The van der Waals surface area contributed by atoms with Crippen molar-refractivity contribution >= 4 is 28.8 Å². The molecule has 0 amide bonds. The van der Waals surface area contributed by atoms with E-state index in [1.54, 1.807) is 13.0 Å². The molecule has 0 unspecified atom stereocenters. The Bertz CT molecular complexity index is 625. The molecule has 0 fully saturated rings. The fourth-order valence-electron chi connectivity index (χ4n) is 1.59. The van der Waals surface area contributed by atoms with Crippen LogP contribution in [0, 0.1) is 10.1 Å². The van der Waals surface area contributed by atoms with E-state index >= 15 is 0 Å². The summed E-state index contributed by atoms with van der Waals surface area (Å²) < 4.78 is 5.67. The molecule has 1 aromatic carbocycles. The summed E-state index contributed by atoms with van der Waals surface area (Å²) in [6.45, 7) is 1.56. The first-order valence-corrected chi connectivity index (χ1v) is 7.84. The van der Waals surface area contributed by atoms with Crippen LogP contribution in [-0.2, 0) is 0 Å². The van der Waals surface area contributed by atoms with Gasteiger partial charge < -0.3 is 9.84 Å². The van der Waals surface area contributed by atoms with Gasteiger partial charge in [-0.1, -0.05) is 23.5 Å². The van der Waals surface area contributed by atoms with Crippen molar-refractivity contribution in [2.75, 3.05) is 6.26 Å². The normalized spacial score (nSPS) is 12.2. The van der Waals surface area contributed by atoms with Gasteiger partial charge in [-0.05, 0) is 25.3 Å². The van der Waals surface area contributed by atoms with Gasteiger partial charge in [0.1, 0.15) is 5.75 Å². The van der Waals surface area contributed by atoms with E-state index in [1.807, 2.05) is 24.5 Å². The minimum Gasteiger partial charge on any atom is -0.439 e. The van der Waals surface area contributed by atoms with Gasteiger partial charge in [0.15, 0.2) is 0 Å². The summed E-state index contributed by atoms with van der Waals surface area (Å²) in [6.07, 6.45) is 1.15. The monoisotopic (exact) mass is 311 g/mol. The number of ether oxygens (including phenoxy) is 1. The smallest absolute Gasteiger partial charge is 0.323 e. The molecule has 0 aliphatic carbocycles. The zero-order valence-electron chi connectivity index (χ0n) is 10.9. The van der Waals surface area contributed by atoms with Crippen LogP contribution in [0.4, 0.5) is 5.69 Å². The number of hydrogen-bond donors (Lipinski definition) is 1. The maximum atomic E-state index is 11.0. The number of rotatable bonds is 5. The molecular formula is C13H13NO4S2. The average molecular weight is 311 g/mol. The van der Waals surface area contributed by atoms with Crippen LogP contribution < -0.4 is 4.74 Å². The highest BCUT2D eigenvalue weighted by Crippen LogP contribution is 2.43. The maximum Gasteiger partial charge on any atom is 0.323 e. The molecule has 2 rings (SSSR count). The average Bonchev–Trinajstić information content (AvgIpc) is 2.84. The lowest BCUT2D eigenvalue weighted by Crippen LogP contribution is -1.90. The van der Waals surface area contributed by atoms with E-state index in [1.165, 1.54) is 17.8 Å². The quantitative estimate of drug-likeness (QED) is 0.508. The fourth-order valence-corrected chi connectivity index (χ4v) is 3.04. The number of para-hydroxylation sites is 1. The van der Waals surface area contributed by atoms with Crippen LogP contribution >= 0.6 is 23.1 Å². The van der Waals surface area contributed by atoms with Crippen molar-refractivity contribution in [1.82, 2.24) is 0 Å². The molecule has 106 valence electrons. The van der Waals surface area contributed by atoms with Crippen LogP contribution in [-0.4, -0.2) is 16.3 Å². The Morgan fingerprint density at radius 2 is 2.15 bits per heavy atom. The third-order valence-electron chi connectivity index (χ3n) is 2.58. The topological polar surface area (TPSA) is 72.6 Å². The molecule has 1 N–H and O–H groups in total. The van der Waals surface area contributed by atoms with Gasteiger partial charge in [0.05, 0.1) is 11.0 Å². The highest BCUT2D eigenvalue weighted by molar-refractivity contribution is 7.98. The Balaban J connectivity index is 2.39. The van der Waals surface area contributed by atoms with Crippen LogP contribution in [0.1, 0.15) is 17.9 Å². The van der Waals surface area contributed by atoms with Crippen molar-refractivity contribution in [2.45, 2.75) is 17.9 Å². The summed E-state index contributed by atoms with van der Waals surface area (Å²) >= 11 is 2.59. The second-order valence-corrected chi connectivity index (χ2v) is 5.90. The number of aliphatic hydroxyl groups excluding tert-OH is 1. The predicted molar refractivity (Wildman–Crippen MR) is 79.9 cm³/mol. The first-order chi connectivity index (χ1) is 9.52. The van der Waals surface area contributed by atoms with Crippen LogP contribution in [0.5, 0.6) is 10.8 Å². The van der Waals surface area contributed by atoms with E-state index in [-0.39, 0.29) is 10.8 Å². The number of hydrogen-bond acceptors (Lipinski definition) is 6. The summed E-state index contributed by atoms with van der Waals surface area (Å²) in [7, 11) is 0. The molecule has 2 aromatic rings. The van der Waals surface area contributed by atoms with Gasteiger partial charge in [0.25, 0.3) is 5.06 Å². The van der Waals surface area contributed by atoms with Crippen molar-refractivity contribution < 1.29 is 14.8 Å². The minimum atomic E-state index is -0.758. The highest BCUT2D eigenvalue weighted by atomic mass is 32.2. The van der Waals surface area contributed by atoms with E-state index < -0.39 is 11.0 Å². The number of nitrogens with zero attached hydrogens (tertiary/aromatic N) is 1. The van der Waals surface area contributed by atoms with Crippen LogP contribution in [0.3, 0.4) is 0 Å². The van der Waals surface area contributed by atoms with Crippen LogP contribution in [0.15, 0.2) is 35.2 Å². The molecule has 1 aromatic heterocycles. The number of thioether (sulfide) groups is 1. The van der Waals surface area contributed by atoms with E-state index in [0.29, 0.717) is 10.6 Å². The third kappa shape index (κ3) is 3.12. The zero-order valence-corrected chi connectivity index (χ0v) is 12.5. The van der Waals surface area contributed by atoms with Gasteiger partial charge in [-0.3, -0.25) is 10.1 Å². The van der Waals surface area contributed by atoms with Crippen molar-refractivity contribution in [3.05, 3.63) is 45.3 Å². The van der Waals surface area contributed by atoms with Gasteiger partial charge >= 0.3 is 5.69 Å². The Morgan fingerprint density at radius 1 is 1.45 bits per heavy atom. The van der Waals surface area contributed by atoms with Crippen molar-refractivity contribution in [3.63, 3.8) is 0 Å². The Hall–Kier alpha value is -1.57. The van der Waals surface area contributed by atoms with Crippen molar-refractivity contribution in [2.24, 2.45) is 0 Å². The highest BCUT2D eigenvalue weighted by Gasteiger charge is 2.23. The fraction of sp³-hybridized carbons (Fsp3) is 0.231. The van der Waals surface area contributed by atoms with Gasteiger partial charge in [-0.25, -0.2) is 0 Å². The number of benzene rings is 1. The number of aliphatic hydroxyl groups is 1. The summed E-state index contributed by atoms with van der Waals surface area (Å²) in [5, 5.41) is 20.8. The van der Waals surface area contributed by atoms with E-state index in [2.05, 4.69) is 0 Å². The lowest BCUT2D eigenvalue weighted by Gasteiger charge is -2.07. The zero-order chi connectivity index (χ0) is 14.7. The standard InChI is InChI=1S/C13H13NO4S2/c1-8(15)12-7-9(14(16)17)13(20-12)18-10-5-3-4-6-11(10)19-2/h3-8,15H,1-2H3/t8-/m0/s1. The molecule has 0 spiro atoms. The Morgan fingerprint density at radius 3 is 2.75 bits per heavy atom. The third-order valence-corrected chi connectivity index (χ3v) is 4.53. The lowest BCUT2D eigenvalue weighted by molar-refractivity contribution is -0.385. The molecule has 0 bridgehead atoms. The molecular weight excluding hydrogens is 298 g/mol. The van der Waals surface area contributed by atoms with Crippen LogP contribution in [0.2, 0.25) is 0 Å². The molecule has 0 aliphatic rings. The summed E-state index contributed by atoms with van der Waals surface area (Å²) in [5.74, 6) is 0.571. The summed E-state index contributed by atoms with van der Waals surface area (Å²) in [4.78, 5) is 12.0. The van der Waals surface area contributed by atoms with Crippen LogP contribution in [0.25, 0.3) is 0 Å². The molecule has 0 saturated heterocycles. The van der Waals surface area contributed by atoms with Gasteiger partial charge in [-0.2, -0.15) is 0 Å². The SMILES string of the molecule is CSc1ccccc1Oc1sc([C@H](C)O)cc1[N+](=O)[O-]. The van der Waals surface area contributed by atoms with Gasteiger partial charge in [-0.15, -0.1) is 11.8 Å². The molecule has 0 saturated carbocycles. The lowest BCUT2D eigenvalue weighted by atomic mass is 10.3. The predicted octanol–water partition coefficient (Wildman–Crippen LogP) is 4.22. The van der Waals surface area contributed by atoms with Gasteiger partial charge in [0, 0.05) is 15.8 Å². The second-order valence-electron chi connectivity index (χ2n) is 4.01. The van der Waals surface area contributed by atoms with Crippen molar-refractivity contribution in [3.8, 4) is 10.8 Å². The second kappa shape index (κ2) is 6.25. The molecule has 1 atom stereocenters. The first-order valence-electron chi connectivity index (χ1n) is 5.80. The molecule has 0 radical (unpaired) electrons. The molecule has 0 aliphatic heterocycles. The van der Waals surface area contributed by atoms with E-state index in [4.69, 9.17) is 4.74 Å². The van der Waals surface area contributed by atoms with Crippen molar-refractivity contribution in [1.29, 1.82) is 0 Å². The Labute approximate surface area is 124 Å². The maximum absolute atomic E-state index is 11.0. The van der Waals surface area contributed by atoms with E-state index in [0.717, 1.165) is 16.2 Å². The molecule has 1 heterocycles. The first kappa shape index (κ1) is 14.8. The summed E-state index contributed by atoms with van der Waals surface area (Å²) in [6, 6.07) is 8.69. The number of nitro groups is 1. The molecule has 20 heavy (non-hydrogen) atoms. The number of thiophene rings is 1. The van der Waals surface area contributed by atoms with Gasteiger partial charge in [0.2, 0.25) is 0 Å². The largest absolute Gasteiger partial charge is 0.439 e. The minimum absolute atomic E-state index is 0.123. The molecule has 7 heteroatoms. The Kier molecular flexibility index (Phi) is 4.64. The van der Waals surface area contributed by atoms with E-state index in [9.17, 15) is 15.2 Å². The molecule has 5 nitrogen and oxygen atoms in total. The summed E-state index contributed by atoms with van der Waals surface area (Å²) in [5.41, 5.74) is -0.123.